The first-order chi connectivity index (χ1) is 4.09. The molecule has 1 unspecified atom stereocenters. The molecule has 0 amide bonds. The average molecular weight is 131 g/mol. The number of nitro groups is 1. The first kappa shape index (κ1) is 8.10. The Morgan fingerprint density at radius 1 is 2.00 bits per heavy atom. The fourth-order valence-corrected chi connectivity index (χ4v) is 0.402. The van der Waals surface area contributed by atoms with Crippen LogP contribution in [0.1, 0.15) is 6.92 Å². The highest BCUT2D eigenvalue weighted by molar-refractivity contribution is 4.96. The van der Waals surface area contributed by atoms with Gasteiger partial charge in [0.05, 0.1) is 0 Å². The Morgan fingerprint density at radius 2 is 2.44 bits per heavy atom. The number of rotatable bonds is 3. The lowest BCUT2D eigenvalue weighted by Gasteiger charge is -2.02. The molecule has 0 fully saturated rings. The second-order valence-corrected chi connectivity index (χ2v) is 1.83. The Kier molecular flexibility index (Phi) is 2.87. The molecule has 4 nitrogen and oxygen atoms in total. The molecule has 9 heavy (non-hydrogen) atoms. The van der Waals surface area contributed by atoms with Crippen molar-refractivity contribution in [2.45, 2.75) is 13.0 Å². The van der Waals surface area contributed by atoms with Crippen molar-refractivity contribution in [1.82, 2.24) is 0 Å². The van der Waals surface area contributed by atoms with Gasteiger partial charge in [-0.05, 0) is 12.5 Å². The van der Waals surface area contributed by atoms with E-state index < -0.39 is 17.6 Å². The van der Waals surface area contributed by atoms with Crippen molar-refractivity contribution in [2.75, 3.05) is 6.61 Å². The highest BCUT2D eigenvalue weighted by Gasteiger charge is 2.18. The van der Waals surface area contributed by atoms with Gasteiger partial charge in [-0.25, -0.2) is 0 Å². The molecule has 0 aromatic rings. The van der Waals surface area contributed by atoms with Gasteiger partial charge in [0.1, 0.15) is 6.61 Å². The summed E-state index contributed by atoms with van der Waals surface area (Å²) in [5.74, 6) is 0. The first-order valence-corrected chi connectivity index (χ1v) is 2.49. The van der Waals surface area contributed by atoms with Crippen molar-refractivity contribution in [2.24, 2.45) is 0 Å². The monoisotopic (exact) mass is 131 g/mol. The van der Waals surface area contributed by atoms with Crippen molar-refractivity contribution >= 4 is 0 Å². The summed E-state index contributed by atoms with van der Waals surface area (Å²) in [4.78, 5) is 9.40. The van der Waals surface area contributed by atoms with Crippen LogP contribution < -0.4 is 0 Å². The predicted octanol–water partition coefficient (Wildman–Crippen LogP) is 0.200. The summed E-state index contributed by atoms with van der Waals surface area (Å²) >= 11 is 0. The number of nitrogens with zero attached hydrogens (tertiary/aromatic N) is 1. The first-order valence-electron chi connectivity index (χ1n) is 2.49. The maximum absolute atomic E-state index is 9.96. The quantitative estimate of drug-likeness (QED) is 0.338. The van der Waals surface area contributed by atoms with E-state index in [4.69, 9.17) is 5.11 Å². The third kappa shape index (κ3) is 2.23. The third-order valence-corrected chi connectivity index (χ3v) is 0.996. The van der Waals surface area contributed by atoms with E-state index in [0.717, 1.165) is 0 Å². The molecular weight excluding hydrogens is 122 g/mol. The zero-order chi connectivity index (χ0) is 7.44. The molecule has 0 aliphatic carbocycles. The van der Waals surface area contributed by atoms with Crippen LogP contribution in [0.2, 0.25) is 0 Å². The molecule has 0 aliphatic heterocycles. The summed E-state index contributed by atoms with van der Waals surface area (Å²) < 4.78 is 0. The van der Waals surface area contributed by atoms with Gasteiger partial charge in [-0.3, -0.25) is 10.1 Å². The van der Waals surface area contributed by atoms with Crippen LogP contribution in [0.25, 0.3) is 0 Å². The summed E-state index contributed by atoms with van der Waals surface area (Å²) in [6.45, 7) is 4.39. The molecule has 52 valence electrons. The van der Waals surface area contributed by atoms with Crippen molar-refractivity contribution in [3.05, 3.63) is 22.3 Å². The molecule has 0 aliphatic rings. The number of hydrogen-bond acceptors (Lipinski definition) is 3. The van der Waals surface area contributed by atoms with Gasteiger partial charge in [0.25, 0.3) is 6.04 Å². The molecule has 4 heteroatoms. The van der Waals surface area contributed by atoms with Crippen LogP contribution in [0.3, 0.4) is 0 Å². The Morgan fingerprint density at radius 3 is 2.44 bits per heavy atom. The standard InChI is InChI=1S/C5H9NO3/c1-4(2)5(3-7)6(8)9/h5,7H,1,3H2,2H3. The zero-order valence-electron chi connectivity index (χ0n) is 5.20. The minimum absolute atomic E-state index is 0.377. The minimum atomic E-state index is -0.995. The Bertz CT molecular complexity index is 118. The van der Waals surface area contributed by atoms with Crippen molar-refractivity contribution in [3.8, 4) is 0 Å². The lowest BCUT2D eigenvalue weighted by Crippen LogP contribution is -2.24. The van der Waals surface area contributed by atoms with E-state index in [-0.39, 0.29) is 0 Å². The third-order valence-electron chi connectivity index (χ3n) is 0.996. The Balaban J connectivity index is 3.99. The van der Waals surface area contributed by atoms with Gasteiger partial charge in [-0.15, -0.1) is 0 Å². The highest BCUT2D eigenvalue weighted by Crippen LogP contribution is 1.99. The maximum Gasteiger partial charge on any atom is 0.256 e. The van der Waals surface area contributed by atoms with E-state index in [1.165, 1.54) is 6.92 Å². The number of aliphatic hydroxyl groups excluding tert-OH is 1. The second kappa shape index (κ2) is 3.19. The average Bonchev–Trinajstić information content (AvgIpc) is 1.64. The molecule has 0 rings (SSSR count). The smallest absolute Gasteiger partial charge is 0.256 e. The molecule has 0 aromatic carbocycles. The van der Waals surface area contributed by atoms with E-state index in [1.54, 1.807) is 0 Å². The van der Waals surface area contributed by atoms with Gasteiger partial charge in [0.15, 0.2) is 0 Å². The largest absolute Gasteiger partial charge is 0.389 e. The number of aliphatic hydroxyl groups is 1. The van der Waals surface area contributed by atoms with E-state index in [2.05, 4.69) is 6.58 Å². The summed E-state index contributed by atoms with van der Waals surface area (Å²) in [6.07, 6.45) is 0. The van der Waals surface area contributed by atoms with E-state index in [9.17, 15) is 10.1 Å². The summed E-state index contributed by atoms with van der Waals surface area (Å²) in [5, 5.41) is 18.3. The molecule has 0 saturated heterocycles. The molecule has 0 spiro atoms. The van der Waals surface area contributed by atoms with Crippen LogP contribution in [0.4, 0.5) is 0 Å². The van der Waals surface area contributed by atoms with Crippen LogP contribution in [-0.2, 0) is 0 Å². The fraction of sp³-hybridized carbons (Fsp3) is 0.600. The molecule has 0 saturated carbocycles. The predicted molar refractivity (Wildman–Crippen MR) is 32.7 cm³/mol. The van der Waals surface area contributed by atoms with Crippen LogP contribution in [-0.4, -0.2) is 22.7 Å². The molecule has 0 heterocycles. The van der Waals surface area contributed by atoms with Gasteiger partial charge >= 0.3 is 0 Å². The lowest BCUT2D eigenvalue weighted by atomic mass is 10.2. The molecule has 0 aromatic heterocycles. The Labute approximate surface area is 53.0 Å². The van der Waals surface area contributed by atoms with Crippen LogP contribution in [0.5, 0.6) is 0 Å². The normalized spacial score (nSPS) is 12.7. The topological polar surface area (TPSA) is 63.4 Å². The zero-order valence-corrected chi connectivity index (χ0v) is 5.20. The Hall–Kier alpha value is -0.900. The summed E-state index contributed by atoms with van der Waals surface area (Å²) in [6, 6.07) is -0.995. The SMILES string of the molecule is C=C(C)C(CO)[N+](=O)[O-]. The van der Waals surface area contributed by atoms with E-state index in [0.29, 0.717) is 5.57 Å². The highest BCUT2D eigenvalue weighted by atomic mass is 16.6. The summed E-state index contributed by atoms with van der Waals surface area (Å²) in [7, 11) is 0. The molecule has 1 atom stereocenters. The molecular formula is C5H9NO3. The van der Waals surface area contributed by atoms with Gasteiger partial charge in [0.2, 0.25) is 0 Å². The van der Waals surface area contributed by atoms with E-state index >= 15 is 0 Å². The van der Waals surface area contributed by atoms with Crippen LogP contribution >= 0.6 is 0 Å². The van der Waals surface area contributed by atoms with Crippen molar-refractivity contribution < 1.29 is 10.0 Å². The molecule has 1 N–H and O–H groups in total. The number of hydrogen-bond donors (Lipinski definition) is 1. The van der Waals surface area contributed by atoms with Crippen molar-refractivity contribution in [3.63, 3.8) is 0 Å². The van der Waals surface area contributed by atoms with Crippen LogP contribution in [0.15, 0.2) is 12.2 Å². The lowest BCUT2D eigenvalue weighted by molar-refractivity contribution is -0.515. The molecule has 0 bridgehead atoms. The van der Waals surface area contributed by atoms with Gasteiger partial charge in [0, 0.05) is 4.92 Å². The second-order valence-electron chi connectivity index (χ2n) is 1.83. The van der Waals surface area contributed by atoms with Gasteiger partial charge in [-0.2, -0.15) is 0 Å². The maximum atomic E-state index is 9.96. The molecule has 0 radical (unpaired) electrons. The minimum Gasteiger partial charge on any atom is -0.389 e. The van der Waals surface area contributed by atoms with Gasteiger partial charge in [-0.1, -0.05) is 6.58 Å². The summed E-state index contributed by atoms with van der Waals surface area (Å²) in [5.41, 5.74) is 0.377. The van der Waals surface area contributed by atoms with Crippen LogP contribution in [0, 0.1) is 10.1 Å². The van der Waals surface area contributed by atoms with E-state index in [1.807, 2.05) is 0 Å². The van der Waals surface area contributed by atoms with Crippen molar-refractivity contribution in [1.29, 1.82) is 0 Å². The van der Waals surface area contributed by atoms with Gasteiger partial charge < -0.3 is 5.11 Å². The fourth-order valence-electron chi connectivity index (χ4n) is 0.402.